The van der Waals surface area contributed by atoms with Crippen LogP contribution in [0, 0.1) is 29.5 Å². The lowest BCUT2D eigenvalue weighted by atomic mass is 9.85. The molecule has 140 valence electrons. The maximum Gasteiger partial charge on any atom is 0.329 e. The van der Waals surface area contributed by atoms with Crippen molar-refractivity contribution in [2.75, 3.05) is 6.61 Å². The van der Waals surface area contributed by atoms with Crippen LogP contribution in [-0.2, 0) is 19.1 Å². The molecule has 2 aliphatic carbocycles. The molecule has 7 heteroatoms. The maximum absolute atomic E-state index is 12.9. The largest absolute Gasteiger partial charge is 0.456 e. The number of likely N-dealkylation sites (tertiary alicyclic amines) is 1. The second-order valence-electron chi connectivity index (χ2n) is 7.26. The molecule has 1 aliphatic heterocycles. The second kappa shape index (κ2) is 6.40. The van der Waals surface area contributed by atoms with Crippen molar-refractivity contribution < 1.29 is 28.3 Å². The summed E-state index contributed by atoms with van der Waals surface area (Å²) in [5.74, 6) is -3.10. The number of imide groups is 1. The first-order valence-electron chi connectivity index (χ1n) is 8.89. The standard InChI is InChI=1S/C20H18FNO5/c1-10(20(26)27-9-15(23)11-4-6-14(21)7-5-11)22-18(24)16-12-2-3-13(8-12)17(16)19(22)25/h2-7,10,12-13,16-17H,8-9H2,1H3/t10-,12-,13-,16-,17-/m0/s1. The number of carbonyl (C=O) groups excluding carboxylic acids is 4. The van der Waals surface area contributed by atoms with Crippen molar-refractivity contribution >= 4 is 23.6 Å². The number of hydrogen-bond donors (Lipinski definition) is 0. The maximum atomic E-state index is 12.9. The Labute approximate surface area is 155 Å². The van der Waals surface area contributed by atoms with E-state index in [0.717, 1.165) is 23.5 Å². The highest BCUT2D eigenvalue weighted by atomic mass is 19.1. The average molecular weight is 371 g/mol. The number of halogens is 1. The third kappa shape index (κ3) is 2.78. The summed E-state index contributed by atoms with van der Waals surface area (Å²) in [5.41, 5.74) is 0.211. The van der Waals surface area contributed by atoms with Gasteiger partial charge in [-0.2, -0.15) is 0 Å². The molecule has 4 rings (SSSR count). The van der Waals surface area contributed by atoms with Crippen LogP contribution in [0.2, 0.25) is 0 Å². The Morgan fingerprint density at radius 1 is 1.11 bits per heavy atom. The van der Waals surface area contributed by atoms with E-state index in [9.17, 15) is 23.6 Å². The normalized spacial score (nSPS) is 29.2. The van der Waals surface area contributed by atoms with Gasteiger partial charge in [0.2, 0.25) is 11.8 Å². The van der Waals surface area contributed by atoms with Crippen molar-refractivity contribution in [3.63, 3.8) is 0 Å². The van der Waals surface area contributed by atoms with E-state index in [1.54, 1.807) is 0 Å². The smallest absolute Gasteiger partial charge is 0.329 e. The van der Waals surface area contributed by atoms with Gasteiger partial charge in [-0.1, -0.05) is 12.2 Å². The number of fused-ring (bicyclic) bond motifs is 5. The van der Waals surface area contributed by atoms with Gasteiger partial charge in [0.25, 0.3) is 0 Å². The van der Waals surface area contributed by atoms with E-state index in [-0.39, 0.29) is 41.0 Å². The molecule has 3 aliphatic rings. The molecule has 1 heterocycles. The van der Waals surface area contributed by atoms with Crippen LogP contribution in [-0.4, -0.2) is 41.1 Å². The molecule has 0 spiro atoms. The lowest BCUT2D eigenvalue weighted by Gasteiger charge is -2.23. The van der Waals surface area contributed by atoms with Crippen molar-refractivity contribution in [1.82, 2.24) is 4.90 Å². The molecule has 0 radical (unpaired) electrons. The van der Waals surface area contributed by atoms with Gasteiger partial charge in [0.05, 0.1) is 11.8 Å². The zero-order chi connectivity index (χ0) is 19.3. The predicted octanol–water partition coefficient (Wildman–Crippen LogP) is 1.75. The van der Waals surface area contributed by atoms with Crippen LogP contribution in [0.25, 0.3) is 0 Å². The molecule has 0 N–H and O–H groups in total. The second-order valence-corrected chi connectivity index (χ2v) is 7.26. The van der Waals surface area contributed by atoms with E-state index < -0.39 is 30.2 Å². The third-order valence-corrected chi connectivity index (χ3v) is 5.74. The average Bonchev–Trinajstić information content (AvgIpc) is 3.33. The Morgan fingerprint density at radius 2 is 1.67 bits per heavy atom. The summed E-state index contributed by atoms with van der Waals surface area (Å²) in [6.45, 7) is 0.890. The highest BCUT2D eigenvalue weighted by molar-refractivity contribution is 6.09. The van der Waals surface area contributed by atoms with E-state index in [1.807, 2.05) is 12.2 Å². The van der Waals surface area contributed by atoms with E-state index in [0.29, 0.717) is 0 Å². The third-order valence-electron chi connectivity index (χ3n) is 5.74. The number of amides is 2. The monoisotopic (exact) mass is 371 g/mol. The SMILES string of the molecule is C[C@@H](C(=O)OCC(=O)c1ccc(F)cc1)N1C(=O)[C@@H]2[C@@H](C1=O)[C@H]1C=C[C@H]2C1. The molecule has 0 aromatic heterocycles. The molecule has 2 fully saturated rings. The Kier molecular flexibility index (Phi) is 4.17. The van der Waals surface area contributed by atoms with Gasteiger partial charge in [0.15, 0.2) is 12.4 Å². The van der Waals surface area contributed by atoms with E-state index in [2.05, 4.69) is 0 Å². The number of ether oxygens (including phenoxy) is 1. The van der Waals surface area contributed by atoms with Gasteiger partial charge in [0, 0.05) is 5.56 Å². The quantitative estimate of drug-likeness (QED) is 0.341. The summed E-state index contributed by atoms with van der Waals surface area (Å²) in [4.78, 5) is 50.7. The molecule has 6 nitrogen and oxygen atoms in total. The fraction of sp³-hybridized carbons (Fsp3) is 0.400. The minimum absolute atomic E-state index is 0.0599. The molecule has 2 amide bonds. The number of carbonyl (C=O) groups is 4. The van der Waals surface area contributed by atoms with Crippen molar-refractivity contribution in [3.05, 3.63) is 47.8 Å². The molecule has 1 aromatic carbocycles. The van der Waals surface area contributed by atoms with Gasteiger partial charge >= 0.3 is 5.97 Å². The Morgan fingerprint density at radius 3 is 2.22 bits per heavy atom. The molecule has 1 aromatic rings. The predicted molar refractivity (Wildman–Crippen MR) is 90.7 cm³/mol. The Hall–Kier alpha value is -2.83. The van der Waals surface area contributed by atoms with E-state index >= 15 is 0 Å². The van der Waals surface area contributed by atoms with Gasteiger partial charge in [-0.15, -0.1) is 0 Å². The van der Waals surface area contributed by atoms with Crippen molar-refractivity contribution in [1.29, 1.82) is 0 Å². The number of ketones is 1. The number of allylic oxidation sites excluding steroid dienone is 2. The molecular weight excluding hydrogens is 353 g/mol. The number of nitrogens with zero attached hydrogens (tertiary/aromatic N) is 1. The highest BCUT2D eigenvalue weighted by Crippen LogP contribution is 2.52. The topological polar surface area (TPSA) is 80.8 Å². The first-order chi connectivity index (χ1) is 12.9. The summed E-state index contributed by atoms with van der Waals surface area (Å²) in [6.07, 6.45) is 4.77. The van der Waals surface area contributed by atoms with Crippen LogP contribution in [0.3, 0.4) is 0 Å². The lowest BCUT2D eigenvalue weighted by Crippen LogP contribution is -2.45. The molecule has 27 heavy (non-hydrogen) atoms. The molecule has 2 bridgehead atoms. The van der Waals surface area contributed by atoms with Gasteiger partial charge in [-0.05, 0) is 49.4 Å². The Bertz CT molecular complexity index is 832. The number of rotatable bonds is 5. The number of benzene rings is 1. The van der Waals surface area contributed by atoms with Gasteiger partial charge in [-0.25, -0.2) is 9.18 Å². The van der Waals surface area contributed by atoms with Crippen LogP contribution >= 0.6 is 0 Å². The van der Waals surface area contributed by atoms with Gasteiger partial charge in [0.1, 0.15) is 11.9 Å². The Balaban J connectivity index is 1.39. The van der Waals surface area contributed by atoms with Crippen molar-refractivity contribution in [2.45, 2.75) is 19.4 Å². The van der Waals surface area contributed by atoms with Crippen LogP contribution in [0.4, 0.5) is 4.39 Å². The summed E-state index contributed by atoms with van der Waals surface area (Å²) >= 11 is 0. The number of hydrogen-bond acceptors (Lipinski definition) is 5. The summed E-state index contributed by atoms with van der Waals surface area (Å²) in [6, 6.07) is 3.79. The lowest BCUT2D eigenvalue weighted by molar-refractivity contribution is -0.157. The first-order valence-corrected chi connectivity index (χ1v) is 8.89. The summed E-state index contributed by atoms with van der Waals surface area (Å²) in [7, 11) is 0. The molecule has 5 atom stereocenters. The van der Waals surface area contributed by atoms with Crippen LogP contribution in [0.1, 0.15) is 23.7 Å². The van der Waals surface area contributed by atoms with Crippen molar-refractivity contribution in [3.8, 4) is 0 Å². The van der Waals surface area contributed by atoms with Crippen LogP contribution in [0.5, 0.6) is 0 Å². The zero-order valence-electron chi connectivity index (χ0n) is 14.6. The van der Waals surface area contributed by atoms with Crippen LogP contribution < -0.4 is 0 Å². The van der Waals surface area contributed by atoms with Crippen LogP contribution in [0.15, 0.2) is 36.4 Å². The highest BCUT2D eigenvalue weighted by Gasteiger charge is 2.60. The minimum atomic E-state index is -1.09. The van der Waals surface area contributed by atoms with Gasteiger partial charge < -0.3 is 4.74 Å². The fourth-order valence-corrected chi connectivity index (χ4v) is 4.39. The molecule has 1 saturated carbocycles. The number of Topliss-reactive ketones (excluding diaryl/α,β-unsaturated/α-hetero) is 1. The number of esters is 1. The van der Waals surface area contributed by atoms with E-state index in [1.165, 1.54) is 19.1 Å². The molecule has 1 saturated heterocycles. The first kappa shape index (κ1) is 17.6. The van der Waals surface area contributed by atoms with Gasteiger partial charge in [-0.3, -0.25) is 19.3 Å². The fourth-order valence-electron chi connectivity index (χ4n) is 4.39. The summed E-state index contributed by atoms with van der Waals surface area (Å²) in [5, 5.41) is 0. The zero-order valence-corrected chi connectivity index (χ0v) is 14.6. The van der Waals surface area contributed by atoms with E-state index in [4.69, 9.17) is 4.74 Å². The summed E-state index contributed by atoms with van der Waals surface area (Å²) < 4.78 is 17.9. The molecule has 0 unspecified atom stereocenters. The minimum Gasteiger partial charge on any atom is -0.456 e. The molecular formula is C20H18FNO5. The van der Waals surface area contributed by atoms with Crippen molar-refractivity contribution in [2.24, 2.45) is 23.7 Å².